The van der Waals surface area contributed by atoms with Gasteiger partial charge in [-0.05, 0) is 61.6 Å². The van der Waals surface area contributed by atoms with Crippen LogP contribution in [-0.2, 0) is 0 Å². The second-order valence-corrected chi connectivity index (χ2v) is 10.4. The van der Waals surface area contributed by atoms with Crippen LogP contribution in [0.1, 0.15) is 64.4 Å². The molecule has 0 radical (unpaired) electrons. The van der Waals surface area contributed by atoms with Crippen molar-refractivity contribution in [2.24, 2.45) is 0 Å². The molecule has 6 nitrogen and oxygen atoms in total. The van der Waals surface area contributed by atoms with E-state index in [1.807, 2.05) is 55.6 Å². The van der Waals surface area contributed by atoms with Gasteiger partial charge in [-0.2, -0.15) is 13.2 Å². The number of benzene rings is 2. The number of anilines is 1. The number of nitrogens with one attached hydrogen (secondary N) is 2. The monoisotopic (exact) mass is 548 g/mol. The minimum Gasteiger partial charge on any atom is -0.382 e. The highest BCUT2D eigenvalue weighted by molar-refractivity contribution is 5.98. The van der Waals surface area contributed by atoms with Crippen molar-refractivity contribution in [2.75, 3.05) is 11.9 Å². The smallest absolute Gasteiger partial charge is 0.382 e. The van der Waals surface area contributed by atoms with E-state index in [2.05, 4.69) is 15.6 Å². The molecule has 1 saturated carbocycles. The summed E-state index contributed by atoms with van der Waals surface area (Å²) in [5, 5.41) is 5.93. The Morgan fingerprint density at radius 1 is 0.975 bits per heavy atom. The molecule has 1 amide bonds. The van der Waals surface area contributed by atoms with Gasteiger partial charge in [0.2, 0.25) is 0 Å². The fourth-order valence-electron chi connectivity index (χ4n) is 4.84. The van der Waals surface area contributed by atoms with Gasteiger partial charge in [0.25, 0.3) is 5.91 Å². The SMILES string of the molecule is CCC(=O)c1ccc(-c2cnc3c(NCCC(F)(F)F)cc(-c4ccc(C(=O)NC5CC5)c(C)c4)cn23)cc1C. The van der Waals surface area contributed by atoms with E-state index in [0.29, 0.717) is 28.9 Å². The molecule has 2 N–H and O–H groups in total. The Bertz CT molecular complexity index is 1600. The molecule has 0 saturated heterocycles. The number of hydrogen-bond donors (Lipinski definition) is 2. The number of hydrogen-bond acceptors (Lipinski definition) is 4. The van der Waals surface area contributed by atoms with E-state index in [1.165, 1.54) is 0 Å². The van der Waals surface area contributed by atoms with E-state index in [4.69, 9.17) is 0 Å². The molecule has 1 aliphatic carbocycles. The lowest BCUT2D eigenvalue weighted by Crippen LogP contribution is -2.26. The van der Waals surface area contributed by atoms with E-state index in [1.54, 1.807) is 24.4 Å². The number of aryl methyl sites for hydroxylation is 2. The van der Waals surface area contributed by atoms with Crippen molar-refractivity contribution in [2.45, 2.75) is 58.7 Å². The zero-order chi connectivity index (χ0) is 28.6. The average molecular weight is 549 g/mol. The first-order valence-corrected chi connectivity index (χ1v) is 13.4. The Morgan fingerprint density at radius 2 is 1.65 bits per heavy atom. The maximum atomic E-state index is 12.9. The van der Waals surface area contributed by atoms with Crippen LogP contribution in [0, 0.1) is 13.8 Å². The number of aromatic nitrogens is 2. The zero-order valence-electron chi connectivity index (χ0n) is 22.7. The van der Waals surface area contributed by atoms with Gasteiger partial charge in [-0.3, -0.25) is 14.0 Å². The third kappa shape index (κ3) is 5.88. The molecule has 0 aliphatic heterocycles. The summed E-state index contributed by atoms with van der Waals surface area (Å²) in [5.74, 6) is -0.0426. The quantitative estimate of drug-likeness (QED) is 0.218. The number of ketones is 1. The molecule has 0 spiro atoms. The summed E-state index contributed by atoms with van der Waals surface area (Å²) in [6, 6.07) is 13.2. The number of rotatable bonds is 9. The third-order valence-electron chi connectivity index (χ3n) is 7.19. The molecule has 1 aliphatic rings. The summed E-state index contributed by atoms with van der Waals surface area (Å²) in [6.07, 6.45) is 0.714. The van der Waals surface area contributed by atoms with Crippen LogP contribution in [-0.4, -0.2) is 39.8 Å². The van der Waals surface area contributed by atoms with E-state index in [9.17, 15) is 22.8 Å². The number of carbonyl (C=O) groups is 2. The number of pyridine rings is 1. The first-order valence-electron chi connectivity index (χ1n) is 13.4. The van der Waals surface area contributed by atoms with Crippen molar-refractivity contribution in [3.8, 4) is 22.4 Å². The van der Waals surface area contributed by atoms with Crippen molar-refractivity contribution in [1.29, 1.82) is 0 Å². The van der Waals surface area contributed by atoms with Crippen molar-refractivity contribution in [3.63, 3.8) is 0 Å². The zero-order valence-corrected chi connectivity index (χ0v) is 22.7. The molecule has 208 valence electrons. The Morgan fingerprint density at radius 3 is 2.30 bits per heavy atom. The van der Waals surface area contributed by atoms with Crippen molar-refractivity contribution >= 4 is 23.0 Å². The summed E-state index contributed by atoms with van der Waals surface area (Å²) < 4.78 is 40.6. The molecule has 1 fully saturated rings. The first kappa shape index (κ1) is 27.4. The van der Waals surface area contributed by atoms with Crippen LogP contribution < -0.4 is 10.6 Å². The molecule has 9 heteroatoms. The van der Waals surface area contributed by atoms with E-state index < -0.39 is 12.6 Å². The molecule has 2 heterocycles. The predicted molar refractivity (Wildman–Crippen MR) is 150 cm³/mol. The van der Waals surface area contributed by atoms with Crippen molar-refractivity contribution < 1.29 is 22.8 Å². The number of nitrogens with zero attached hydrogens (tertiary/aromatic N) is 2. The highest BCUT2D eigenvalue weighted by atomic mass is 19.4. The molecule has 4 aromatic rings. The second kappa shape index (κ2) is 10.8. The number of fused-ring (bicyclic) bond motifs is 1. The van der Waals surface area contributed by atoms with Gasteiger partial charge in [0, 0.05) is 47.5 Å². The number of alkyl halides is 3. The molecular weight excluding hydrogens is 517 g/mol. The van der Waals surface area contributed by atoms with Crippen LogP contribution in [0.15, 0.2) is 54.9 Å². The number of Topliss-reactive ketones (excluding diaryl/α,β-unsaturated/α-hetero) is 1. The predicted octanol–water partition coefficient (Wildman–Crippen LogP) is 7.13. The molecule has 2 aromatic heterocycles. The summed E-state index contributed by atoms with van der Waals surface area (Å²) in [6.45, 7) is 5.28. The fourth-order valence-corrected chi connectivity index (χ4v) is 4.84. The third-order valence-corrected chi connectivity index (χ3v) is 7.19. The van der Waals surface area contributed by atoms with Gasteiger partial charge >= 0.3 is 6.18 Å². The minimum atomic E-state index is -4.29. The van der Waals surface area contributed by atoms with E-state index >= 15 is 0 Å². The van der Waals surface area contributed by atoms with Gasteiger partial charge in [-0.25, -0.2) is 4.98 Å². The maximum Gasteiger partial charge on any atom is 0.390 e. The number of imidazole rings is 1. The average Bonchev–Trinajstić information content (AvgIpc) is 3.61. The lowest BCUT2D eigenvalue weighted by Gasteiger charge is -2.15. The Hall–Kier alpha value is -4.14. The first-order chi connectivity index (χ1) is 19.0. The molecule has 0 bridgehead atoms. The molecule has 40 heavy (non-hydrogen) atoms. The van der Waals surface area contributed by atoms with Gasteiger partial charge in [-0.15, -0.1) is 0 Å². The summed E-state index contributed by atoms with van der Waals surface area (Å²) in [5.41, 5.74) is 7.02. The molecular formula is C31H31F3N4O2. The van der Waals surface area contributed by atoms with Gasteiger partial charge in [0.1, 0.15) is 0 Å². The Balaban J connectivity index is 1.57. The summed E-state index contributed by atoms with van der Waals surface area (Å²) in [7, 11) is 0. The molecule has 5 rings (SSSR count). The normalized spacial score (nSPS) is 13.4. The van der Waals surface area contributed by atoms with E-state index in [-0.39, 0.29) is 24.3 Å². The van der Waals surface area contributed by atoms with Gasteiger partial charge in [0.05, 0.1) is 24.0 Å². The van der Waals surface area contributed by atoms with Crippen LogP contribution >= 0.6 is 0 Å². The lowest BCUT2D eigenvalue weighted by molar-refractivity contribution is -0.131. The topological polar surface area (TPSA) is 75.5 Å². The maximum absolute atomic E-state index is 12.9. The number of carbonyl (C=O) groups excluding carboxylic acids is 2. The Labute approximate surface area is 230 Å². The lowest BCUT2D eigenvalue weighted by atomic mass is 9.99. The van der Waals surface area contributed by atoms with Gasteiger partial charge in [-0.1, -0.05) is 31.2 Å². The van der Waals surface area contributed by atoms with Gasteiger partial charge < -0.3 is 10.6 Å². The highest BCUT2D eigenvalue weighted by Crippen LogP contribution is 2.32. The van der Waals surface area contributed by atoms with Crippen LogP contribution in [0.4, 0.5) is 18.9 Å². The van der Waals surface area contributed by atoms with Crippen LogP contribution in [0.3, 0.4) is 0 Å². The largest absolute Gasteiger partial charge is 0.390 e. The number of amides is 1. The van der Waals surface area contributed by atoms with Gasteiger partial charge in [0.15, 0.2) is 11.4 Å². The van der Waals surface area contributed by atoms with Crippen molar-refractivity contribution in [3.05, 3.63) is 77.1 Å². The summed E-state index contributed by atoms with van der Waals surface area (Å²) in [4.78, 5) is 29.4. The van der Waals surface area contributed by atoms with Crippen LogP contribution in [0.5, 0.6) is 0 Å². The van der Waals surface area contributed by atoms with Crippen LogP contribution in [0.25, 0.3) is 28.0 Å². The fraction of sp³-hybridized carbons (Fsp3) is 0.323. The molecule has 0 atom stereocenters. The van der Waals surface area contributed by atoms with E-state index in [0.717, 1.165) is 46.4 Å². The standard InChI is InChI=1S/C31H31F3N4O2/c1-4-28(39)24-9-6-21(14-18(24)2)27-16-36-29-26(35-12-11-31(32,33)34)15-22(17-38(27)29)20-5-10-25(19(3)13-20)30(40)37-23-7-8-23/h5-6,9-10,13-17,23,35H,4,7-8,11-12H2,1-3H3,(H,37,40). The summed E-state index contributed by atoms with van der Waals surface area (Å²) >= 11 is 0. The van der Waals surface area contributed by atoms with Crippen LogP contribution in [0.2, 0.25) is 0 Å². The number of halogens is 3. The molecule has 0 unspecified atom stereocenters. The highest BCUT2D eigenvalue weighted by Gasteiger charge is 2.27. The second-order valence-electron chi connectivity index (χ2n) is 10.4. The van der Waals surface area contributed by atoms with Crippen molar-refractivity contribution in [1.82, 2.24) is 14.7 Å². The Kier molecular flexibility index (Phi) is 7.40. The minimum absolute atomic E-state index is 0.0604. The molecule has 2 aromatic carbocycles.